The number of aryl methyl sites for hydroxylation is 1. The number of benzene rings is 1. The summed E-state index contributed by atoms with van der Waals surface area (Å²) in [6.45, 7) is 2.19. The van der Waals surface area contributed by atoms with Crippen molar-refractivity contribution in [3.8, 4) is 5.75 Å². The second-order valence-electron chi connectivity index (χ2n) is 4.09. The number of phenolic OH excluding ortho intramolecular Hbond substituents is 1. The molecule has 0 amide bonds. The third-order valence-electron chi connectivity index (χ3n) is 2.90. The summed E-state index contributed by atoms with van der Waals surface area (Å²) in [4.78, 5) is 4.30. The lowest BCUT2D eigenvalue weighted by atomic mass is 10.0. The lowest BCUT2D eigenvalue weighted by Crippen LogP contribution is -1.90. The summed E-state index contributed by atoms with van der Waals surface area (Å²) in [7, 11) is 0. The van der Waals surface area contributed by atoms with Gasteiger partial charge in [-0.05, 0) is 31.0 Å². The van der Waals surface area contributed by atoms with Crippen LogP contribution in [0.2, 0.25) is 0 Å². The van der Waals surface area contributed by atoms with Crippen molar-refractivity contribution in [1.82, 2.24) is 4.98 Å². The highest BCUT2D eigenvalue weighted by atomic mass is 16.3. The van der Waals surface area contributed by atoms with E-state index in [9.17, 15) is 5.11 Å². The van der Waals surface area contributed by atoms with E-state index in [0.29, 0.717) is 5.75 Å². The topological polar surface area (TPSA) is 33.1 Å². The molecule has 0 atom stereocenters. The summed E-state index contributed by atoms with van der Waals surface area (Å²) >= 11 is 0. The van der Waals surface area contributed by atoms with Crippen LogP contribution in [0.4, 0.5) is 0 Å². The number of fused-ring (bicyclic) bond motifs is 1. The van der Waals surface area contributed by atoms with E-state index in [2.05, 4.69) is 11.9 Å². The Morgan fingerprint density at radius 1 is 1.19 bits per heavy atom. The third kappa shape index (κ3) is 2.16. The summed E-state index contributed by atoms with van der Waals surface area (Å²) < 4.78 is 0. The first kappa shape index (κ1) is 10.9. The molecule has 0 bridgehead atoms. The van der Waals surface area contributed by atoms with Gasteiger partial charge in [-0.2, -0.15) is 0 Å². The first-order chi connectivity index (χ1) is 7.83. The maximum atomic E-state index is 9.88. The van der Waals surface area contributed by atoms with Crippen LogP contribution in [-0.4, -0.2) is 10.1 Å². The lowest BCUT2D eigenvalue weighted by Gasteiger charge is -2.08. The van der Waals surface area contributed by atoms with Gasteiger partial charge in [-0.1, -0.05) is 25.8 Å². The van der Waals surface area contributed by atoms with Crippen molar-refractivity contribution >= 4 is 10.9 Å². The summed E-state index contributed by atoms with van der Waals surface area (Å²) in [5, 5.41) is 11.0. The minimum absolute atomic E-state index is 0.400. The van der Waals surface area contributed by atoms with Crippen molar-refractivity contribution in [2.45, 2.75) is 32.6 Å². The second kappa shape index (κ2) is 4.97. The van der Waals surface area contributed by atoms with Crippen molar-refractivity contribution in [3.05, 3.63) is 36.0 Å². The largest absolute Gasteiger partial charge is 0.508 e. The average molecular weight is 215 g/mol. The molecule has 2 heteroatoms. The fraction of sp³-hybridized carbons (Fsp3) is 0.357. The molecule has 1 aromatic carbocycles. The fourth-order valence-corrected chi connectivity index (χ4v) is 2.02. The maximum Gasteiger partial charge on any atom is 0.119 e. The predicted octanol–water partition coefficient (Wildman–Crippen LogP) is 3.67. The summed E-state index contributed by atoms with van der Waals surface area (Å²) in [5.74, 6) is 0.400. The monoisotopic (exact) mass is 215 g/mol. The van der Waals surface area contributed by atoms with Crippen molar-refractivity contribution in [3.63, 3.8) is 0 Å². The highest BCUT2D eigenvalue weighted by Gasteiger charge is 2.06. The quantitative estimate of drug-likeness (QED) is 0.789. The zero-order chi connectivity index (χ0) is 11.4. The van der Waals surface area contributed by atoms with E-state index >= 15 is 0 Å². The van der Waals surface area contributed by atoms with Crippen molar-refractivity contribution < 1.29 is 5.11 Å². The maximum absolute atomic E-state index is 9.88. The number of phenols is 1. The van der Waals surface area contributed by atoms with Crippen LogP contribution in [0, 0.1) is 0 Å². The number of unbranched alkanes of at least 4 members (excludes halogenated alkanes) is 2. The van der Waals surface area contributed by atoms with Crippen LogP contribution in [-0.2, 0) is 6.42 Å². The first-order valence-electron chi connectivity index (χ1n) is 5.88. The molecule has 0 unspecified atom stereocenters. The summed E-state index contributed by atoms with van der Waals surface area (Å²) in [5.41, 5.74) is 2.01. The molecule has 0 aliphatic heterocycles. The van der Waals surface area contributed by atoms with Gasteiger partial charge in [0.1, 0.15) is 5.75 Å². The number of hydrogen-bond donors (Lipinski definition) is 1. The molecule has 1 heterocycles. The normalized spacial score (nSPS) is 10.8. The number of hydrogen-bond acceptors (Lipinski definition) is 2. The Hall–Kier alpha value is -1.57. The van der Waals surface area contributed by atoms with Crippen LogP contribution >= 0.6 is 0 Å². The number of pyridine rings is 1. The van der Waals surface area contributed by atoms with E-state index in [1.807, 2.05) is 18.2 Å². The lowest BCUT2D eigenvalue weighted by molar-refractivity contribution is 0.468. The molecular formula is C14H17NO. The second-order valence-corrected chi connectivity index (χ2v) is 4.09. The zero-order valence-corrected chi connectivity index (χ0v) is 9.61. The number of aromatic nitrogens is 1. The summed E-state index contributed by atoms with van der Waals surface area (Å²) in [6, 6.07) is 7.57. The van der Waals surface area contributed by atoms with E-state index in [1.54, 1.807) is 12.3 Å². The van der Waals surface area contributed by atoms with Crippen LogP contribution in [0.3, 0.4) is 0 Å². The molecular weight excluding hydrogens is 198 g/mol. The highest BCUT2D eigenvalue weighted by Crippen LogP contribution is 2.27. The Kier molecular flexibility index (Phi) is 3.40. The van der Waals surface area contributed by atoms with E-state index in [4.69, 9.17) is 0 Å². The van der Waals surface area contributed by atoms with Gasteiger partial charge < -0.3 is 5.11 Å². The molecule has 16 heavy (non-hydrogen) atoms. The van der Waals surface area contributed by atoms with E-state index in [-0.39, 0.29) is 0 Å². The predicted molar refractivity (Wildman–Crippen MR) is 66.6 cm³/mol. The van der Waals surface area contributed by atoms with E-state index < -0.39 is 0 Å². The molecule has 0 aliphatic rings. The van der Waals surface area contributed by atoms with Gasteiger partial charge in [0.05, 0.1) is 5.52 Å². The molecule has 84 valence electrons. The molecule has 0 spiro atoms. The standard InChI is InChI=1S/C14H17NO/c1-2-3-4-6-12-11-7-5-10-15-13(11)8-9-14(12)16/h5,7-10,16H,2-4,6H2,1H3. The molecule has 2 aromatic rings. The number of aromatic hydroxyl groups is 1. The SMILES string of the molecule is CCCCCc1c(O)ccc2ncccc12. The minimum Gasteiger partial charge on any atom is -0.508 e. The van der Waals surface area contributed by atoms with Gasteiger partial charge in [0.15, 0.2) is 0 Å². The Labute approximate surface area is 96.0 Å². The molecule has 2 nitrogen and oxygen atoms in total. The van der Waals surface area contributed by atoms with Crippen LogP contribution in [0.15, 0.2) is 30.5 Å². The van der Waals surface area contributed by atoms with Gasteiger partial charge in [-0.3, -0.25) is 4.98 Å². The third-order valence-corrected chi connectivity index (χ3v) is 2.90. The zero-order valence-electron chi connectivity index (χ0n) is 9.61. The molecule has 0 fully saturated rings. The van der Waals surface area contributed by atoms with Crippen molar-refractivity contribution in [1.29, 1.82) is 0 Å². The Morgan fingerprint density at radius 2 is 2.06 bits per heavy atom. The smallest absolute Gasteiger partial charge is 0.119 e. The molecule has 0 saturated heterocycles. The van der Waals surface area contributed by atoms with Gasteiger partial charge in [0.25, 0.3) is 0 Å². The molecule has 0 saturated carbocycles. The Balaban J connectivity index is 2.37. The van der Waals surface area contributed by atoms with Gasteiger partial charge in [-0.25, -0.2) is 0 Å². The van der Waals surface area contributed by atoms with Gasteiger partial charge in [-0.15, -0.1) is 0 Å². The number of rotatable bonds is 4. The molecule has 1 aromatic heterocycles. The van der Waals surface area contributed by atoms with Gasteiger partial charge >= 0.3 is 0 Å². The van der Waals surface area contributed by atoms with Crippen molar-refractivity contribution in [2.24, 2.45) is 0 Å². The van der Waals surface area contributed by atoms with Crippen LogP contribution in [0.5, 0.6) is 5.75 Å². The molecule has 0 aliphatic carbocycles. The van der Waals surface area contributed by atoms with Crippen molar-refractivity contribution in [2.75, 3.05) is 0 Å². The van der Waals surface area contributed by atoms with Gasteiger partial charge in [0.2, 0.25) is 0 Å². The highest BCUT2D eigenvalue weighted by molar-refractivity contribution is 5.84. The average Bonchev–Trinajstić information content (AvgIpc) is 2.32. The molecule has 2 rings (SSSR count). The van der Waals surface area contributed by atoms with Gasteiger partial charge in [0, 0.05) is 17.1 Å². The van der Waals surface area contributed by atoms with Crippen LogP contribution in [0.1, 0.15) is 31.7 Å². The molecule has 0 radical (unpaired) electrons. The van der Waals surface area contributed by atoms with E-state index in [1.165, 1.54) is 12.8 Å². The first-order valence-corrected chi connectivity index (χ1v) is 5.88. The Bertz CT molecular complexity index is 479. The van der Waals surface area contributed by atoms with Crippen LogP contribution < -0.4 is 0 Å². The van der Waals surface area contributed by atoms with Crippen LogP contribution in [0.25, 0.3) is 10.9 Å². The Morgan fingerprint density at radius 3 is 2.88 bits per heavy atom. The number of nitrogens with zero attached hydrogens (tertiary/aromatic N) is 1. The van der Waals surface area contributed by atoms with E-state index in [0.717, 1.165) is 29.3 Å². The fourth-order valence-electron chi connectivity index (χ4n) is 2.02. The summed E-state index contributed by atoms with van der Waals surface area (Å²) in [6.07, 6.45) is 6.25. The molecule has 1 N–H and O–H groups in total. The minimum atomic E-state index is 0.400.